The van der Waals surface area contributed by atoms with Crippen molar-refractivity contribution >= 4 is 22.6 Å². The number of ether oxygens (including phenoxy) is 1. The van der Waals surface area contributed by atoms with E-state index in [0.29, 0.717) is 0 Å². The minimum absolute atomic E-state index is 0.0488. The molecule has 0 N–H and O–H groups in total. The molecule has 2 unspecified atom stereocenters. The molecule has 2 atom stereocenters. The maximum absolute atomic E-state index is 6.56. The second-order valence-electron chi connectivity index (χ2n) is 16.9. The third kappa shape index (κ3) is 5.36. The average Bonchev–Trinajstić information content (AvgIpc) is 3.88. The van der Waals surface area contributed by atoms with Gasteiger partial charge in [-0.1, -0.05) is 176 Å². The zero-order valence-corrected chi connectivity index (χ0v) is 34.4. The maximum Gasteiger partial charge on any atom is 0.128 e. The van der Waals surface area contributed by atoms with Gasteiger partial charge in [0.25, 0.3) is 0 Å². The van der Waals surface area contributed by atoms with Gasteiger partial charge in [-0.15, -0.1) is 0 Å². The smallest absolute Gasteiger partial charge is 0.128 e. The second kappa shape index (κ2) is 14.0. The third-order valence-electron chi connectivity index (χ3n) is 13.6. The van der Waals surface area contributed by atoms with Crippen molar-refractivity contribution in [1.29, 1.82) is 0 Å². The molecule has 1 spiro atoms. The van der Waals surface area contributed by atoms with Gasteiger partial charge in [-0.2, -0.15) is 0 Å². The monoisotopic (exact) mass is 804 g/mol. The fourth-order valence-corrected chi connectivity index (χ4v) is 10.9. The normalized spacial score (nSPS) is 16.8. The van der Waals surface area contributed by atoms with E-state index < -0.39 is 5.41 Å². The second-order valence-corrected chi connectivity index (χ2v) is 16.9. The van der Waals surface area contributed by atoms with Gasteiger partial charge in [0.15, 0.2) is 0 Å². The van der Waals surface area contributed by atoms with Crippen LogP contribution < -0.4 is 9.64 Å². The van der Waals surface area contributed by atoms with Crippen molar-refractivity contribution in [3.8, 4) is 50.5 Å². The first-order chi connectivity index (χ1) is 31.2. The zero-order chi connectivity index (χ0) is 41.5. The predicted octanol–water partition coefficient (Wildman–Crippen LogP) is 14.7. The molecule has 296 valence electrons. The van der Waals surface area contributed by atoms with E-state index in [2.05, 4.69) is 235 Å². The Morgan fingerprint density at radius 2 is 1.10 bits per heavy atom. The summed E-state index contributed by atoms with van der Waals surface area (Å²) in [7, 11) is 0. The van der Waals surface area contributed by atoms with Crippen LogP contribution in [-0.4, -0.2) is 11.1 Å². The summed E-state index contributed by atoms with van der Waals surface area (Å²) < 4.78 is 6.56. The van der Waals surface area contributed by atoms with Gasteiger partial charge in [0.2, 0.25) is 0 Å². The lowest BCUT2D eigenvalue weighted by Crippen LogP contribution is -2.36. The van der Waals surface area contributed by atoms with Crippen LogP contribution in [0.5, 0.6) is 5.75 Å². The summed E-state index contributed by atoms with van der Waals surface area (Å²) in [5.41, 5.74) is 20.3. The fourth-order valence-electron chi connectivity index (χ4n) is 10.9. The maximum atomic E-state index is 6.56. The first kappa shape index (κ1) is 35.7. The molecule has 13 rings (SSSR count). The summed E-state index contributed by atoms with van der Waals surface area (Å²) in [5.74, 6) is 1.18. The Bertz CT molecular complexity index is 3230. The number of nitrogens with zero attached hydrogens (tertiary/aromatic N) is 2. The summed E-state index contributed by atoms with van der Waals surface area (Å²) in [6.07, 6.45) is 6.90. The van der Waals surface area contributed by atoms with Gasteiger partial charge in [-0.05, 0) is 110 Å². The molecule has 3 heteroatoms. The van der Waals surface area contributed by atoms with Gasteiger partial charge >= 0.3 is 0 Å². The number of benzene rings is 8. The van der Waals surface area contributed by atoms with Gasteiger partial charge in [0, 0.05) is 28.3 Å². The van der Waals surface area contributed by atoms with Gasteiger partial charge in [-0.25, -0.2) is 4.98 Å². The Balaban J connectivity index is 1.09. The molecular formula is C60H40N2O. The predicted molar refractivity (Wildman–Crippen MR) is 257 cm³/mol. The minimum Gasteiger partial charge on any atom is -0.485 e. The van der Waals surface area contributed by atoms with Crippen molar-refractivity contribution in [1.82, 2.24) is 4.98 Å². The molecule has 63 heavy (non-hydrogen) atoms. The highest BCUT2D eigenvalue weighted by molar-refractivity contribution is 6.01. The third-order valence-corrected chi connectivity index (χ3v) is 13.6. The quantitative estimate of drug-likeness (QED) is 0.173. The minimum atomic E-state index is -0.616. The lowest BCUT2D eigenvalue weighted by atomic mass is 9.64. The molecule has 0 saturated heterocycles. The van der Waals surface area contributed by atoms with Crippen LogP contribution in [0.15, 0.2) is 231 Å². The molecule has 0 saturated carbocycles. The Labute approximate surface area is 367 Å². The largest absolute Gasteiger partial charge is 0.485 e. The van der Waals surface area contributed by atoms with Gasteiger partial charge in [-0.3, -0.25) is 0 Å². The van der Waals surface area contributed by atoms with E-state index in [1.165, 1.54) is 61.5 Å². The molecule has 4 aliphatic rings. The van der Waals surface area contributed by atoms with Crippen LogP contribution in [0, 0.1) is 0 Å². The summed E-state index contributed by atoms with van der Waals surface area (Å²) in [4.78, 5) is 7.99. The number of allylic oxidation sites excluding steroid dienone is 2. The van der Waals surface area contributed by atoms with Crippen LogP contribution in [0.1, 0.15) is 39.3 Å². The first-order valence-electron chi connectivity index (χ1n) is 21.9. The van der Waals surface area contributed by atoms with E-state index in [1.54, 1.807) is 0 Å². The number of hydrogen-bond acceptors (Lipinski definition) is 3. The van der Waals surface area contributed by atoms with Crippen LogP contribution in [0.2, 0.25) is 0 Å². The van der Waals surface area contributed by atoms with E-state index in [0.717, 1.165) is 45.1 Å². The van der Waals surface area contributed by atoms with Crippen LogP contribution >= 0.6 is 0 Å². The summed E-state index contributed by atoms with van der Waals surface area (Å²) in [6.45, 7) is 0. The SMILES string of the molecule is C1=CC2c3ccccc3OC2C=C1c1ccc2c(c1)-c1c(-c3cc(-c4ccccc4)cc(-c4ccccc4)n3)cccc1C21c2ccccc2N(c2ccccc2)c2ccccc21. The highest BCUT2D eigenvalue weighted by Gasteiger charge is 2.52. The first-order valence-corrected chi connectivity index (χ1v) is 21.9. The van der Waals surface area contributed by atoms with Crippen molar-refractivity contribution in [2.75, 3.05) is 4.90 Å². The highest BCUT2D eigenvalue weighted by Crippen LogP contribution is 2.65. The zero-order valence-electron chi connectivity index (χ0n) is 34.4. The van der Waals surface area contributed by atoms with E-state index >= 15 is 0 Å². The molecule has 0 amide bonds. The average molecular weight is 805 g/mol. The van der Waals surface area contributed by atoms with Crippen LogP contribution in [-0.2, 0) is 5.41 Å². The molecule has 3 nitrogen and oxygen atoms in total. The number of pyridine rings is 1. The van der Waals surface area contributed by atoms with E-state index in [1.807, 2.05) is 0 Å². The van der Waals surface area contributed by atoms with Crippen LogP contribution in [0.25, 0.3) is 50.3 Å². The van der Waals surface area contributed by atoms with E-state index in [4.69, 9.17) is 9.72 Å². The Hall–Kier alpha value is -8.01. The Morgan fingerprint density at radius 3 is 1.86 bits per heavy atom. The van der Waals surface area contributed by atoms with E-state index in [9.17, 15) is 0 Å². The number of fused-ring (bicyclic) bond motifs is 12. The van der Waals surface area contributed by atoms with Crippen LogP contribution in [0.3, 0.4) is 0 Å². The number of rotatable bonds is 5. The van der Waals surface area contributed by atoms with Crippen molar-refractivity contribution < 1.29 is 4.74 Å². The van der Waals surface area contributed by atoms with Crippen molar-refractivity contribution in [2.24, 2.45) is 0 Å². The number of aromatic nitrogens is 1. The van der Waals surface area contributed by atoms with Gasteiger partial charge < -0.3 is 9.64 Å². The molecule has 2 aliphatic heterocycles. The Kier molecular flexibility index (Phi) is 7.95. The molecule has 0 fully saturated rings. The van der Waals surface area contributed by atoms with Gasteiger partial charge in [0.05, 0.1) is 28.2 Å². The number of anilines is 3. The van der Waals surface area contributed by atoms with Crippen molar-refractivity contribution in [2.45, 2.75) is 17.4 Å². The number of para-hydroxylation sites is 4. The highest BCUT2D eigenvalue weighted by atomic mass is 16.5. The Morgan fingerprint density at radius 1 is 0.460 bits per heavy atom. The van der Waals surface area contributed by atoms with Crippen LogP contribution in [0.4, 0.5) is 17.1 Å². The van der Waals surface area contributed by atoms with Crippen molar-refractivity contribution in [3.05, 3.63) is 264 Å². The standard InChI is InChI=1S/C60H40N2O/c1-4-17-39(18-5-1)43-36-53(40-19-6-2-7-20-40)61-54(37-43)47-24-16-27-52-59(47)48-35-41(42-31-33-46-45-23-10-15-30-57(45)63-58(46)38-42)32-34-49(48)60(52)50-25-11-13-28-55(50)62(44-21-8-3-9-22-44)56-29-14-12-26-51(56)60/h1-38,46,58H. The lowest BCUT2D eigenvalue weighted by molar-refractivity contribution is 0.269. The molecule has 0 radical (unpaired) electrons. The molecular weight excluding hydrogens is 765 g/mol. The van der Waals surface area contributed by atoms with Gasteiger partial charge in [0.1, 0.15) is 11.9 Å². The summed E-state index contributed by atoms with van der Waals surface area (Å²) >= 11 is 0. The lowest BCUT2D eigenvalue weighted by Gasteiger charge is -2.45. The molecule has 1 aromatic heterocycles. The van der Waals surface area contributed by atoms with E-state index in [-0.39, 0.29) is 12.0 Å². The molecule has 0 bridgehead atoms. The molecule has 9 aromatic rings. The number of hydrogen-bond donors (Lipinski definition) is 0. The summed E-state index contributed by atoms with van der Waals surface area (Å²) in [5, 5.41) is 0. The summed E-state index contributed by atoms with van der Waals surface area (Å²) in [6, 6.07) is 77.1. The topological polar surface area (TPSA) is 25.4 Å². The molecule has 8 aromatic carbocycles. The molecule has 3 heterocycles. The molecule has 2 aliphatic carbocycles. The fraction of sp³-hybridized carbons (Fsp3) is 0.0500. The van der Waals surface area contributed by atoms with Crippen molar-refractivity contribution in [3.63, 3.8) is 0 Å².